The Kier molecular flexibility index (Phi) is 2.42. The van der Waals surface area contributed by atoms with Gasteiger partial charge in [-0.15, -0.1) is 0 Å². The van der Waals surface area contributed by atoms with Gasteiger partial charge in [0.25, 0.3) is 0 Å². The lowest BCUT2D eigenvalue weighted by atomic mass is 10.0. The maximum absolute atomic E-state index is 4.69. The van der Waals surface area contributed by atoms with Gasteiger partial charge in [-0.3, -0.25) is 0 Å². The van der Waals surface area contributed by atoms with Gasteiger partial charge >= 0.3 is 0 Å². The quantitative estimate of drug-likeness (QED) is 0.533. The minimum atomic E-state index is 0.959. The summed E-state index contributed by atoms with van der Waals surface area (Å²) < 4.78 is 4.14. The normalized spacial score (nSPS) is 11.6. The van der Waals surface area contributed by atoms with Crippen LogP contribution in [0.1, 0.15) is 11.3 Å². The minimum Gasteiger partial charge on any atom is -0.334 e. The summed E-state index contributed by atoms with van der Waals surface area (Å²) in [5.74, 6) is 1.01. The van der Waals surface area contributed by atoms with Crippen LogP contribution < -0.4 is 0 Å². The first kappa shape index (κ1) is 12.1. The second kappa shape index (κ2) is 4.19. The van der Waals surface area contributed by atoms with Crippen LogP contribution in [0.3, 0.4) is 0 Å². The third kappa shape index (κ3) is 1.76. The highest BCUT2D eigenvalue weighted by molar-refractivity contribution is 5.98. The van der Waals surface area contributed by atoms with Crippen molar-refractivity contribution in [3.8, 4) is 11.4 Å². The predicted molar refractivity (Wildman–Crippen MR) is 84.4 cm³/mol. The molecule has 0 amide bonds. The van der Waals surface area contributed by atoms with Crippen molar-refractivity contribution >= 4 is 16.4 Å². The van der Waals surface area contributed by atoms with E-state index in [1.165, 1.54) is 21.9 Å². The molecule has 3 aromatic heterocycles. The summed E-state index contributed by atoms with van der Waals surface area (Å²) in [5, 5.41) is 2.39. The van der Waals surface area contributed by atoms with Crippen LogP contribution in [0, 0.1) is 13.8 Å². The third-order valence-electron chi connectivity index (χ3n) is 3.96. The molecule has 0 unspecified atom stereocenters. The van der Waals surface area contributed by atoms with E-state index in [1.807, 2.05) is 30.8 Å². The van der Waals surface area contributed by atoms with E-state index in [1.54, 1.807) is 0 Å². The summed E-state index contributed by atoms with van der Waals surface area (Å²) >= 11 is 0. The van der Waals surface area contributed by atoms with Crippen LogP contribution in [-0.4, -0.2) is 18.9 Å². The number of hydrogen-bond acceptors (Lipinski definition) is 2. The van der Waals surface area contributed by atoms with E-state index in [0.717, 1.165) is 17.2 Å². The number of rotatable bonds is 1. The molecule has 0 atom stereocenters. The topological polar surface area (TPSA) is 35.1 Å². The van der Waals surface area contributed by atoms with Crippen LogP contribution in [0.5, 0.6) is 0 Å². The number of nitrogens with zero attached hydrogens (tertiary/aromatic N) is 4. The van der Waals surface area contributed by atoms with Crippen LogP contribution in [0.15, 0.2) is 43.0 Å². The molecule has 104 valence electrons. The standard InChI is InChI=1S/C17H16N4/c1-11-4-5-13-10-21-7-6-18-15(21)8-14(13)16(11)17-19-12(2)9-20(17)3/h4-10H,1-3H3. The fourth-order valence-electron chi connectivity index (χ4n) is 2.98. The smallest absolute Gasteiger partial charge is 0.140 e. The minimum absolute atomic E-state index is 0.959. The summed E-state index contributed by atoms with van der Waals surface area (Å²) in [5.41, 5.74) is 4.41. The van der Waals surface area contributed by atoms with Crippen molar-refractivity contribution in [1.82, 2.24) is 18.9 Å². The molecule has 0 bridgehead atoms. The molecular formula is C17H16N4. The van der Waals surface area contributed by atoms with Gasteiger partial charge in [-0.1, -0.05) is 12.1 Å². The Labute approximate surface area is 122 Å². The van der Waals surface area contributed by atoms with Gasteiger partial charge in [0.15, 0.2) is 0 Å². The second-order valence-corrected chi connectivity index (χ2v) is 5.54. The summed E-state index contributed by atoms with van der Waals surface area (Å²) in [4.78, 5) is 9.09. The molecule has 0 spiro atoms. The van der Waals surface area contributed by atoms with E-state index in [0.29, 0.717) is 0 Å². The first-order valence-corrected chi connectivity index (χ1v) is 7.00. The van der Waals surface area contributed by atoms with Gasteiger partial charge in [-0.2, -0.15) is 0 Å². The van der Waals surface area contributed by atoms with Crippen LogP contribution in [0.2, 0.25) is 0 Å². The lowest BCUT2D eigenvalue weighted by molar-refractivity contribution is 0.924. The molecule has 0 saturated carbocycles. The lowest BCUT2D eigenvalue weighted by Gasteiger charge is -2.11. The summed E-state index contributed by atoms with van der Waals surface area (Å²) in [6, 6.07) is 6.45. The van der Waals surface area contributed by atoms with Crippen molar-refractivity contribution < 1.29 is 0 Å². The molecule has 0 fully saturated rings. The van der Waals surface area contributed by atoms with E-state index >= 15 is 0 Å². The molecule has 0 saturated heterocycles. The number of imidazole rings is 2. The molecule has 1 aromatic carbocycles. The van der Waals surface area contributed by atoms with Crippen molar-refractivity contribution in [2.45, 2.75) is 13.8 Å². The zero-order chi connectivity index (χ0) is 14.6. The van der Waals surface area contributed by atoms with Crippen molar-refractivity contribution in [3.05, 3.63) is 54.2 Å². The van der Waals surface area contributed by atoms with Gasteiger partial charge in [-0.05, 0) is 36.2 Å². The highest BCUT2D eigenvalue weighted by atomic mass is 15.0. The maximum Gasteiger partial charge on any atom is 0.140 e. The number of aryl methyl sites for hydroxylation is 3. The average Bonchev–Trinajstić information content (AvgIpc) is 3.02. The van der Waals surface area contributed by atoms with Crippen molar-refractivity contribution in [2.75, 3.05) is 0 Å². The Morgan fingerprint density at radius 3 is 2.71 bits per heavy atom. The van der Waals surface area contributed by atoms with Gasteiger partial charge in [0.05, 0.1) is 5.69 Å². The third-order valence-corrected chi connectivity index (χ3v) is 3.96. The number of hydrogen-bond donors (Lipinski definition) is 0. The first-order chi connectivity index (χ1) is 10.1. The van der Waals surface area contributed by atoms with Gasteiger partial charge in [-0.25, -0.2) is 9.97 Å². The summed E-state index contributed by atoms with van der Waals surface area (Å²) in [7, 11) is 2.04. The highest BCUT2D eigenvalue weighted by Crippen LogP contribution is 2.31. The Hall–Kier alpha value is -2.62. The molecule has 21 heavy (non-hydrogen) atoms. The number of pyridine rings is 1. The molecule has 0 aliphatic carbocycles. The van der Waals surface area contributed by atoms with Gasteiger partial charge in [0.2, 0.25) is 0 Å². The van der Waals surface area contributed by atoms with E-state index in [9.17, 15) is 0 Å². The van der Waals surface area contributed by atoms with E-state index in [4.69, 9.17) is 4.98 Å². The molecular weight excluding hydrogens is 260 g/mol. The largest absolute Gasteiger partial charge is 0.334 e. The van der Waals surface area contributed by atoms with Crippen molar-refractivity contribution in [2.24, 2.45) is 7.05 Å². The Morgan fingerprint density at radius 1 is 1.10 bits per heavy atom. The molecule has 0 aliphatic rings. The molecule has 4 aromatic rings. The van der Waals surface area contributed by atoms with Crippen LogP contribution in [0.25, 0.3) is 27.8 Å². The maximum atomic E-state index is 4.69. The molecule has 4 heteroatoms. The van der Waals surface area contributed by atoms with Crippen LogP contribution >= 0.6 is 0 Å². The second-order valence-electron chi connectivity index (χ2n) is 5.54. The Bertz CT molecular complexity index is 975. The predicted octanol–water partition coefficient (Wildman–Crippen LogP) is 3.50. The first-order valence-electron chi connectivity index (χ1n) is 7.00. The van der Waals surface area contributed by atoms with Crippen LogP contribution in [0.4, 0.5) is 0 Å². The summed E-state index contributed by atoms with van der Waals surface area (Å²) in [6.07, 6.45) is 7.98. The van der Waals surface area contributed by atoms with Gasteiger partial charge < -0.3 is 8.97 Å². The number of aromatic nitrogens is 4. The monoisotopic (exact) mass is 276 g/mol. The molecule has 3 heterocycles. The van der Waals surface area contributed by atoms with Crippen LogP contribution in [-0.2, 0) is 7.05 Å². The molecule has 0 N–H and O–H groups in total. The zero-order valence-electron chi connectivity index (χ0n) is 12.3. The fraction of sp³-hybridized carbons (Fsp3) is 0.176. The number of benzene rings is 1. The van der Waals surface area contributed by atoms with Crippen molar-refractivity contribution in [3.63, 3.8) is 0 Å². The Balaban J connectivity index is 2.15. The molecule has 0 aliphatic heterocycles. The molecule has 0 radical (unpaired) electrons. The zero-order valence-corrected chi connectivity index (χ0v) is 12.3. The van der Waals surface area contributed by atoms with Gasteiger partial charge in [0.1, 0.15) is 11.5 Å². The lowest BCUT2D eigenvalue weighted by Crippen LogP contribution is -1.96. The Morgan fingerprint density at radius 2 is 1.95 bits per heavy atom. The molecule has 4 nitrogen and oxygen atoms in total. The average molecular weight is 276 g/mol. The van der Waals surface area contributed by atoms with E-state index < -0.39 is 0 Å². The highest BCUT2D eigenvalue weighted by Gasteiger charge is 2.13. The van der Waals surface area contributed by atoms with Crippen molar-refractivity contribution in [1.29, 1.82) is 0 Å². The number of fused-ring (bicyclic) bond motifs is 2. The fourth-order valence-corrected chi connectivity index (χ4v) is 2.98. The van der Waals surface area contributed by atoms with Gasteiger partial charge in [0, 0.05) is 37.4 Å². The molecule has 4 rings (SSSR count). The summed E-state index contributed by atoms with van der Waals surface area (Å²) in [6.45, 7) is 4.16. The van der Waals surface area contributed by atoms with E-state index in [-0.39, 0.29) is 0 Å². The van der Waals surface area contributed by atoms with E-state index in [2.05, 4.69) is 47.1 Å². The SMILES string of the molecule is Cc1cn(C)c(-c2c(C)ccc3cn4ccnc4cc23)n1.